The van der Waals surface area contributed by atoms with E-state index in [1.54, 1.807) is 6.08 Å². The molecule has 2 fully saturated rings. The first-order chi connectivity index (χ1) is 20.6. The predicted octanol–water partition coefficient (Wildman–Crippen LogP) is 5.12. The number of aliphatic hydroxyl groups is 1. The molecule has 0 spiro atoms. The highest BCUT2D eigenvalue weighted by molar-refractivity contribution is 5.87. The molecule has 2 bridgehead atoms. The molecule has 9 nitrogen and oxygen atoms in total. The van der Waals surface area contributed by atoms with Gasteiger partial charge in [0.15, 0.2) is 12.2 Å². The maximum Gasteiger partial charge on any atom is 0.331 e. The van der Waals surface area contributed by atoms with Gasteiger partial charge in [0, 0.05) is 38.7 Å². The van der Waals surface area contributed by atoms with Gasteiger partial charge in [-0.3, -0.25) is 14.4 Å². The lowest BCUT2D eigenvalue weighted by Crippen LogP contribution is -2.64. The van der Waals surface area contributed by atoms with E-state index in [9.17, 15) is 24.3 Å². The molecule has 3 aliphatic rings. The van der Waals surface area contributed by atoms with E-state index in [4.69, 9.17) is 18.9 Å². The van der Waals surface area contributed by atoms with Crippen molar-refractivity contribution in [3.8, 4) is 0 Å². The lowest BCUT2D eigenvalue weighted by Gasteiger charge is -2.59. The highest BCUT2D eigenvalue weighted by Gasteiger charge is 2.63. The van der Waals surface area contributed by atoms with Crippen molar-refractivity contribution < 1.29 is 43.2 Å². The van der Waals surface area contributed by atoms with Crippen LogP contribution in [0.4, 0.5) is 0 Å². The summed E-state index contributed by atoms with van der Waals surface area (Å²) >= 11 is 0. The van der Waals surface area contributed by atoms with Gasteiger partial charge in [0.25, 0.3) is 0 Å². The van der Waals surface area contributed by atoms with Crippen molar-refractivity contribution in [1.29, 1.82) is 0 Å². The molecule has 0 saturated heterocycles. The van der Waals surface area contributed by atoms with E-state index in [1.807, 2.05) is 58.0 Å². The summed E-state index contributed by atoms with van der Waals surface area (Å²) < 4.78 is 23.6. The molecule has 1 N–H and O–H groups in total. The number of rotatable bonds is 6. The van der Waals surface area contributed by atoms with Gasteiger partial charge in [-0.15, -0.1) is 0 Å². The van der Waals surface area contributed by atoms with Crippen LogP contribution >= 0.6 is 0 Å². The van der Waals surface area contributed by atoms with Gasteiger partial charge in [0.1, 0.15) is 12.2 Å². The van der Waals surface area contributed by atoms with Gasteiger partial charge in [0.05, 0.1) is 6.10 Å². The minimum Gasteiger partial charge on any atom is -0.458 e. The molecule has 3 aliphatic carbocycles. The lowest BCUT2D eigenvalue weighted by molar-refractivity contribution is -0.204. The molecule has 238 valence electrons. The quantitative estimate of drug-likeness (QED) is 0.203. The smallest absolute Gasteiger partial charge is 0.331 e. The number of hydrogen-bond donors (Lipinski definition) is 1. The van der Waals surface area contributed by atoms with Gasteiger partial charge >= 0.3 is 23.9 Å². The highest BCUT2D eigenvalue weighted by Crippen LogP contribution is 2.60. The van der Waals surface area contributed by atoms with Crippen LogP contribution in [0.3, 0.4) is 0 Å². The molecule has 4 rings (SSSR count). The molecule has 44 heavy (non-hydrogen) atoms. The summed E-state index contributed by atoms with van der Waals surface area (Å²) in [5.41, 5.74) is 1.09. The number of aliphatic hydroxyl groups excluding tert-OH is 1. The van der Waals surface area contributed by atoms with Crippen molar-refractivity contribution in [2.75, 3.05) is 0 Å². The van der Waals surface area contributed by atoms with Crippen molar-refractivity contribution in [3.63, 3.8) is 0 Å². The minimum absolute atomic E-state index is 0.0173. The number of ether oxygens (including phenoxy) is 4. The molecule has 2 saturated carbocycles. The normalized spacial score (nSPS) is 33.0. The zero-order valence-corrected chi connectivity index (χ0v) is 26.6. The fourth-order valence-electron chi connectivity index (χ4n) is 7.67. The summed E-state index contributed by atoms with van der Waals surface area (Å²) in [7, 11) is 0. The number of hydrogen-bond acceptors (Lipinski definition) is 9. The Labute approximate surface area is 259 Å². The van der Waals surface area contributed by atoms with Gasteiger partial charge in [0.2, 0.25) is 0 Å². The molecule has 0 aliphatic heterocycles. The first kappa shape index (κ1) is 33.2. The Morgan fingerprint density at radius 1 is 0.864 bits per heavy atom. The molecule has 9 heteroatoms. The maximum absolute atomic E-state index is 12.9. The van der Waals surface area contributed by atoms with Crippen LogP contribution in [0.25, 0.3) is 6.08 Å². The van der Waals surface area contributed by atoms with Gasteiger partial charge in [-0.1, -0.05) is 57.7 Å². The van der Waals surface area contributed by atoms with E-state index in [2.05, 4.69) is 6.58 Å². The highest BCUT2D eigenvalue weighted by atomic mass is 16.6. The third-order valence-corrected chi connectivity index (χ3v) is 9.95. The Morgan fingerprint density at radius 3 is 2.07 bits per heavy atom. The van der Waals surface area contributed by atoms with Crippen molar-refractivity contribution in [3.05, 3.63) is 65.3 Å². The van der Waals surface area contributed by atoms with E-state index in [1.165, 1.54) is 26.8 Å². The SMILES string of the molecule is C=C1[C@@H](OC(=O)C=Cc2ccccc2)C[C@H](O)[C@@]2(C)[C@@H]1C[C@@H]1C[C@H](OC(C)=O)C(C)=C([C@@H](OC(C)=O)[C@@H]2OC(C)=O)C1(C)C. The van der Waals surface area contributed by atoms with Crippen LogP contribution in [-0.4, -0.2) is 59.5 Å². The largest absolute Gasteiger partial charge is 0.458 e. The standard InChI is InChI=1S/C35H44O9/c1-19-26-16-25-17-27(41-21(3)36)20(2)31(34(25,6)7)32(42-22(4)37)33(43-23(5)38)35(26,8)29(39)18-28(19)44-30(40)15-14-24-12-10-9-11-13-24/h9-15,25-29,32-33,39H,1,16-18H2,2-8H3/t25-,26-,27+,28+,29+,32-,33+,35-/m1/s1. The van der Waals surface area contributed by atoms with E-state index in [0.717, 1.165) is 11.1 Å². The Bertz CT molecular complexity index is 1370. The second-order valence-corrected chi connectivity index (χ2v) is 13.1. The van der Waals surface area contributed by atoms with Crippen molar-refractivity contribution >= 4 is 30.0 Å². The molecule has 0 amide bonds. The molecule has 0 heterocycles. The molecule has 0 aromatic heterocycles. The first-order valence-corrected chi connectivity index (χ1v) is 15.1. The van der Waals surface area contributed by atoms with Gasteiger partial charge in [-0.05, 0) is 65.4 Å². The van der Waals surface area contributed by atoms with E-state index in [0.29, 0.717) is 24.0 Å². The fraction of sp³-hybridized carbons (Fsp3) is 0.543. The third-order valence-electron chi connectivity index (χ3n) is 9.95. The average molecular weight is 609 g/mol. The van der Waals surface area contributed by atoms with E-state index in [-0.39, 0.29) is 12.3 Å². The predicted molar refractivity (Wildman–Crippen MR) is 163 cm³/mol. The van der Waals surface area contributed by atoms with Crippen LogP contribution in [0.5, 0.6) is 0 Å². The maximum atomic E-state index is 12.9. The van der Waals surface area contributed by atoms with Gasteiger partial charge < -0.3 is 24.1 Å². The van der Waals surface area contributed by atoms with Crippen LogP contribution in [-0.2, 0) is 38.1 Å². The zero-order valence-electron chi connectivity index (χ0n) is 26.6. The van der Waals surface area contributed by atoms with Gasteiger partial charge in [-0.2, -0.15) is 0 Å². The Kier molecular flexibility index (Phi) is 9.59. The summed E-state index contributed by atoms with van der Waals surface area (Å²) in [5, 5.41) is 11.9. The summed E-state index contributed by atoms with van der Waals surface area (Å²) in [6.07, 6.45) is -0.736. The first-order valence-electron chi connectivity index (χ1n) is 15.1. The number of carbonyl (C=O) groups excluding carboxylic acids is 4. The summed E-state index contributed by atoms with van der Waals surface area (Å²) in [5.74, 6) is -2.86. The number of benzene rings is 1. The minimum atomic E-state index is -1.17. The van der Waals surface area contributed by atoms with Crippen LogP contribution in [0.1, 0.15) is 73.3 Å². The molecular formula is C35H44O9. The monoisotopic (exact) mass is 608 g/mol. The lowest BCUT2D eigenvalue weighted by atomic mass is 9.49. The number of esters is 4. The molecule has 1 aromatic rings. The van der Waals surface area contributed by atoms with Crippen molar-refractivity contribution in [2.45, 2.75) is 98.2 Å². The fourth-order valence-corrected chi connectivity index (χ4v) is 7.67. The number of carbonyl (C=O) groups is 4. The topological polar surface area (TPSA) is 125 Å². The Morgan fingerprint density at radius 2 is 1.48 bits per heavy atom. The van der Waals surface area contributed by atoms with Gasteiger partial charge in [-0.25, -0.2) is 4.79 Å². The van der Waals surface area contributed by atoms with Crippen molar-refractivity contribution in [1.82, 2.24) is 0 Å². The van der Waals surface area contributed by atoms with E-state index < -0.39 is 71.1 Å². The third kappa shape index (κ3) is 6.39. The molecule has 8 atom stereocenters. The Balaban J connectivity index is 1.81. The zero-order chi connectivity index (χ0) is 32.6. The second-order valence-electron chi connectivity index (χ2n) is 13.1. The number of fused-ring (bicyclic) bond motifs is 3. The van der Waals surface area contributed by atoms with Crippen LogP contribution in [0.15, 0.2) is 59.7 Å². The van der Waals surface area contributed by atoms with Crippen LogP contribution in [0, 0.1) is 22.7 Å². The molecule has 0 radical (unpaired) electrons. The molecule has 1 aromatic carbocycles. The van der Waals surface area contributed by atoms with Crippen LogP contribution in [0.2, 0.25) is 0 Å². The van der Waals surface area contributed by atoms with E-state index >= 15 is 0 Å². The molecular weight excluding hydrogens is 564 g/mol. The summed E-state index contributed by atoms with van der Waals surface area (Å²) in [6, 6.07) is 9.33. The summed E-state index contributed by atoms with van der Waals surface area (Å²) in [4.78, 5) is 50.3. The second kappa shape index (κ2) is 12.7. The summed E-state index contributed by atoms with van der Waals surface area (Å²) in [6.45, 7) is 16.0. The van der Waals surface area contributed by atoms with Crippen molar-refractivity contribution in [2.24, 2.45) is 22.7 Å². The Hall–Kier alpha value is -3.72. The van der Waals surface area contributed by atoms with Crippen LogP contribution < -0.4 is 0 Å². The average Bonchev–Trinajstić information content (AvgIpc) is 2.93. The molecule has 0 unspecified atom stereocenters.